The SMILES string of the molecule is CC(NC(=O)CSC1CCS(=O)(=O)C1)C(C)C(=O)O. The maximum Gasteiger partial charge on any atom is 0.308 e. The molecule has 1 heterocycles. The second-order valence-electron chi connectivity index (χ2n) is 4.82. The highest BCUT2D eigenvalue weighted by atomic mass is 32.2. The summed E-state index contributed by atoms with van der Waals surface area (Å²) < 4.78 is 22.5. The summed E-state index contributed by atoms with van der Waals surface area (Å²) in [6.07, 6.45) is 0.585. The smallest absolute Gasteiger partial charge is 0.308 e. The number of thioether (sulfide) groups is 1. The van der Waals surface area contributed by atoms with Crippen molar-refractivity contribution in [2.75, 3.05) is 17.3 Å². The molecule has 1 rings (SSSR count). The molecule has 1 fully saturated rings. The highest BCUT2D eigenvalue weighted by Crippen LogP contribution is 2.24. The van der Waals surface area contributed by atoms with Crippen LogP contribution in [0.5, 0.6) is 0 Å². The first-order valence-corrected chi connectivity index (χ1v) is 8.92. The Hall–Kier alpha value is -0.760. The van der Waals surface area contributed by atoms with E-state index in [9.17, 15) is 18.0 Å². The molecule has 0 aromatic heterocycles. The molecular weight excluding hydrogens is 290 g/mol. The fraction of sp³-hybridized carbons (Fsp3) is 0.818. The molecule has 1 aliphatic heterocycles. The largest absolute Gasteiger partial charge is 0.481 e. The number of aliphatic carboxylic acids is 1. The second-order valence-corrected chi connectivity index (χ2v) is 8.34. The van der Waals surface area contributed by atoms with Gasteiger partial charge in [-0.05, 0) is 20.3 Å². The van der Waals surface area contributed by atoms with Gasteiger partial charge in [-0.3, -0.25) is 9.59 Å². The summed E-state index contributed by atoms with van der Waals surface area (Å²) in [5, 5.41) is 11.4. The van der Waals surface area contributed by atoms with Gasteiger partial charge in [0, 0.05) is 11.3 Å². The monoisotopic (exact) mass is 309 g/mol. The van der Waals surface area contributed by atoms with Crippen molar-refractivity contribution < 1.29 is 23.1 Å². The first kappa shape index (κ1) is 16.3. The molecule has 1 saturated heterocycles. The third-order valence-corrected chi connectivity index (χ3v) is 6.45. The van der Waals surface area contributed by atoms with E-state index in [1.165, 1.54) is 18.7 Å². The zero-order chi connectivity index (χ0) is 14.6. The minimum Gasteiger partial charge on any atom is -0.481 e. The molecular formula is C11H19NO5S2. The maximum atomic E-state index is 11.6. The first-order valence-electron chi connectivity index (χ1n) is 6.05. The third kappa shape index (κ3) is 5.40. The molecule has 3 unspecified atom stereocenters. The number of carbonyl (C=O) groups is 2. The molecule has 8 heteroatoms. The van der Waals surface area contributed by atoms with E-state index in [2.05, 4.69) is 5.32 Å². The Morgan fingerprint density at radius 2 is 2.05 bits per heavy atom. The lowest BCUT2D eigenvalue weighted by molar-refractivity contribution is -0.142. The van der Waals surface area contributed by atoms with Crippen LogP contribution in [0.15, 0.2) is 0 Å². The lowest BCUT2D eigenvalue weighted by Gasteiger charge is -2.18. The zero-order valence-corrected chi connectivity index (χ0v) is 12.6. The highest BCUT2D eigenvalue weighted by molar-refractivity contribution is 8.02. The van der Waals surface area contributed by atoms with Gasteiger partial charge in [0.05, 0.1) is 23.2 Å². The van der Waals surface area contributed by atoms with E-state index in [1.807, 2.05) is 0 Å². The molecule has 0 saturated carbocycles. The van der Waals surface area contributed by atoms with Crippen molar-refractivity contribution in [3.63, 3.8) is 0 Å². The molecule has 0 bridgehead atoms. The molecule has 6 nitrogen and oxygen atoms in total. The normalized spacial score (nSPS) is 24.6. The van der Waals surface area contributed by atoms with Crippen LogP contribution in [0.4, 0.5) is 0 Å². The van der Waals surface area contributed by atoms with Crippen molar-refractivity contribution in [3.05, 3.63) is 0 Å². The predicted molar refractivity (Wildman–Crippen MR) is 73.9 cm³/mol. The standard InChI is InChI=1S/C11H19NO5S2/c1-7(11(14)15)8(2)12-10(13)5-18-9-3-4-19(16,17)6-9/h7-9H,3-6H2,1-2H3,(H,12,13)(H,14,15). The maximum absolute atomic E-state index is 11.6. The van der Waals surface area contributed by atoms with Crippen LogP contribution in [0.2, 0.25) is 0 Å². The number of hydrogen-bond donors (Lipinski definition) is 2. The predicted octanol–water partition coefficient (Wildman–Crippen LogP) is 0.132. The molecule has 0 spiro atoms. The van der Waals surface area contributed by atoms with Gasteiger partial charge in [0.1, 0.15) is 0 Å². The minimum absolute atomic E-state index is 0.0250. The van der Waals surface area contributed by atoms with Crippen LogP contribution in [0.25, 0.3) is 0 Å². The quantitative estimate of drug-likeness (QED) is 0.723. The fourth-order valence-electron chi connectivity index (χ4n) is 1.72. The highest BCUT2D eigenvalue weighted by Gasteiger charge is 2.29. The van der Waals surface area contributed by atoms with Gasteiger partial charge < -0.3 is 10.4 Å². The van der Waals surface area contributed by atoms with E-state index in [1.54, 1.807) is 6.92 Å². The fourth-order valence-corrected chi connectivity index (χ4v) is 5.17. The summed E-state index contributed by atoms with van der Waals surface area (Å²) >= 11 is 1.32. The summed E-state index contributed by atoms with van der Waals surface area (Å²) in [7, 11) is -2.92. The van der Waals surface area contributed by atoms with Gasteiger partial charge in [-0.25, -0.2) is 8.42 Å². The van der Waals surface area contributed by atoms with Gasteiger partial charge in [-0.15, -0.1) is 11.8 Å². The van der Waals surface area contributed by atoms with Crippen LogP contribution >= 0.6 is 11.8 Å². The van der Waals surface area contributed by atoms with Gasteiger partial charge in [0.25, 0.3) is 0 Å². The Morgan fingerprint density at radius 3 is 2.53 bits per heavy atom. The second kappa shape index (κ2) is 6.60. The summed E-state index contributed by atoms with van der Waals surface area (Å²) in [6.45, 7) is 3.17. The van der Waals surface area contributed by atoms with Gasteiger partial charge in [-0.2, -0.15) is 0 Å². The summed E-state index contributed by atoms with van der Waals surface area (Å²) in [6, 6.07) is -0.446. The number of amides is 1. The molecule has 110 valence electrons. The topological polar surface area (TPSA) is 101 Å². The van der Waals surface area contributed by atoms with Crippen LogP contribution in [0, 0.1) is 5.92 Å². The van der Waals surface area contributed by atoms with Gasteiger partial charge >= 0.3 is 5.97 Å². The van der Waals surface area contributed by atoms with Gasteiger partial charge in [0.2, 0.25) is 5.91 Å². The molecule has 1 amide bonds. The number of hydrogen-bond acceptors (Lipinski definition) is 5. The van der Waals surface area contributed by atoms with Crippen LogP contribution in [-0.2, 0) is 19.4 Å². The average Bonchev–Trinajstić information content (AvgIpc) is 2.65. The molecule has 19 heavy (non-hydrogen) atoms. The zero-order valence-electron chi connectivity index (χ0n) is 11.0. The number of sulfone groups is 1. The van der Waals surface area contributed by atoms with E-state index in [-0.39, 0.29) is 28.4 Å². The number of carboxylic acids is 1. The van der Waals surface area contributed by atoms with Crippen LogP contribution in [0.3, 0.4) is 0 Å². The van der Waals surface area contributed by atoms with Crippen LogP contribution in [-0.4, -0.2) is 54.0 Å². The number of nitrogens with one attached hydrogen (secondary N) is 1. The molecule has 2 N–H and O–H groups in total. The molecule has 0 aromatic carbocycles. The number of rotatable bonds is 6. The Morgan fingerprint density at radius 1 is 1.42 bits per heavy atom. The van der Waals surface area contributed by atoms with E-state index >= 15 is 0 Å². The Bertz CT molecular complexity index is 448. The number of carbonyl (C=O) groups excluding carboxylic acids is 1. The Labute approximate surface area is 117 Å². The van der Waals surface area contributed by atoms with E-state index in [4.69, 9.17) is 5.11 Å². The van der Waals surface area contributed by atoms with E-state index < -0.39 is 27.8 Å². The molecule has 0 aliphatic carbocycles. The Kier molecular flexibility index (Phi) is 5.66. The lowest BCUT2D eigenvalue weighted by Crippen LogP contribution is -2.41. The van der Waals surface area contributed by atoms with Crippen molar-refractivity contribution >= 4 is 33.5 Å². The Balaban J connectivity index is 2.31. The van der Waals surface area contributed by atoms with Gasteiger partial charge in [0.15, 0.2) is 9.84 Å². The third-order valence-electron chi connectivity index (χ3n) is 3.17. The summed E-state index contributed by atoms with van der Waals surface area (Å²) in [5.41, 5.74) is 0. The molecule has 0 aromatic rings. The van der Waals surface area contributed by atoms with Crippen LogP contribution in [0.1, 0.15) is 20.3 Å². The minimum atomic E-state index is -2.92. The van der Waals surface area contributed by atoms with E-state index in [0.29, 0.717) is 6.42 Å². The van der Waals surface area contributed by atoms with Crippen LogP contribution < -0.4 is 5.32 Å². The summed E-state index contributed by atoms with van der Waals surface area (Å²) in [5.74, 6) is -1.38. The lowest BCUT2D eigenvalue weighted by atomic mass is 10.0. The number of carboxylic acid groups (broad SMARTS) is 1. The van der Waals surface area contributed by atoms with Crippen molar-refractivity contribution in [1.82, 2.24) is 5.32 Å². The van der Waals surface area contributed by atoms with Crippen molar-refractivity contribution in [2.24, 2.45) is 5.92 Å². The average molecular weight is 309 g/mol. The van der Waals surface area contributed by atoms with Gasteiger partial charge in [-0.1, -0.05) is 0 Å². The molecule has 3 atom stereocenters. The van der Waals surface area contributed by atoms with Crippen molar-refractivity contribution in [3.8, 4) is 0 Å². The van der Waals surface area contributed by atoms with E-state index in [0.717, 1.165) is 0 Å². The summed E-state index contributed by atoms with van der Waals surface area (Å²) in [4.78, 5) is 22.4. The van der Waals surface area contributed by atoms with Crippen molar-refractivity contribution in [1.29, 1.82) is 0 Å². The van der Waals surface area contributed by atoms with Crippen molar-refractivity contribution in [2.45, 2.75) is 31.6 Å². The molecule has 0 radical (unpaired) electrons. The molecule has 1 aliphatic rings. The first-order chi connectivity index (χ1) is 8.71.